The first-order chi connectivity index (χ1) is 7.13. The molecule has 2 aromatic rings. The maximum Gasteiger partial charge on any atom is 0.354 e. The number of pyridine rings is 1. The summed E-state index contributed by atoms with van der Waals surface area (Å²) in [5.41, 5.74) is 0.757. The van der Waals surface area contributed by atoms with Crippen molar-refractivity contribution in [1.82, 2.24) is 9.55 Å². The Bertz CT molecular complexity index is 533. The van der Waals surface area contributed by atoms with Crippen molar-refractivity contribution in [2.75, 3.05) is 0 Å². The zero-order chi connectivity index (χ0) is 11.0. The molecule has 0 fully saturated rings. The molecule has 0 unspecified atom stereocenters. The molecule has 0 radical (unpaired) electrons. The third-order valence-electron chi connectivity index (χ3n) is 2.24. The van der Waals surface area contributed by atoms with E-state index < -0.39 is 5.97 Å². The number of carbonyl (C=O) groups is 1. The molecular formula is C10H9BrN2O2. The summed E-state index contributed by atoms with van der Waals surface area (Å²) < 4.78 is 2.67. The zero-order valence-electron chi connectivity index (χ0n) is 8.07. The molecule has 0 aromatic carbocycles. The summed E-state index contributed by atoms with van der Waals surface area (Å²) in [7, 11) is 0. The van der Waals surface area contributed by atoms with Gasteiger partial charge in [-0.1, -0.05) is 0 Å². The Balaban J connectivity index is 2.77. The summed E-state index contributed by atoms with van der Waals surface area (Å²) in [4.78, 5) is 14.9. The Labute approximate surface area is 94.7 Å². The van der Waals surface area contributed by atoms with Crippen LogP contribution in [0.1, 0.15) is 17.4 Å². The van der Waals surface area contributed by atoms with E-state index in [4.69, 9.17) is 5.11 Å². The number of halogens is 1. The highest BCUT2D eigenvalue weighted by atomic mass is 79.9. The van der Waals surface area contributed by atoms with Crippen LogP contribution in [0.25, 0.3) is 11.0 Å². The number of carboxylic acid groups (broad SMARTS) is 1. The highest BCUT2D eigenvalue weighted by molar-refractivity contribution is 9.10. The van der Waals surface area contributed by atoms with Crippen LogP contribution in [0.2, 0.25) is 0 Å². The average molecular weight is 269 g/mol. The molecule has 1 N–H and O–H groups in total. The first kappa shape index (κ1) is 10.2. The van der Waals surface area contributed by atoms with E-state index in [1.165, 1.54) is 6.07 Å². The minimum absolute atomic E-state index is 0.0581. The Morgan fingerprint density at radius 1 is 1.67 bits per heavy atom. The number of hydrogen-bond donors (Lipinski definition) is 1. The molecule has 2 heterocycles. The van der Waals surface area contributed by atoms with Crippen molar-refractivity contribution < 1.29 is 9.90 Å². The number of hydrogen-bond acceptors (Lipinski definition) is 2. The van der Waals surface area contributed by atoms with Crippen LogP contribution in [-0.2, 0) is 6.54 Å². The van der Waals surface area contributed by atoms with E-state index in [2.05, 4.69) is 20.9 Å². The molecule has 0 bridgehead atoms. The lowest BCUT2D eigenvalue weighted by molar-refractivity contribution is 0.0691. The van der Waals surface area contributed by atoms with E-state index in [0.29, 0.717) is 5.65 Å². The number of rotatable bonds is 2. The molecule has 15 heavy (non-hydrogen) atoms. The number of fused-ring (bicyclic) bond motifs is 1. The number of aromatic carboxylic acids is 1. The van der Waals surface area contributed by atoms with Crippen LogP contribution in [-0.4, -0.2) is 20.6 Å². The minimum atomic E-state index is -1.01. The van der Waals surface area contributed by atoms with Crippen LogP contribution in [0.3, 0.4) is 0 Å². The summed E-state index contributed by atoms with van der Waals surface area (Å²) in [5, 5.41) is 9.81. The molecule has 0 saturated heterocycles. The molecule has 4 nitrogen and oxygen atoms in total. The standard InChI is InChI=1S/C10H9BrN2O2/c1-2-13-4-3-6-7(11)5-8(10(14)15)12-9(6)13/h3-5H,2H2,1H3,(H,14,15). The third-order valence-corrected chi connectivity index (χ3v) is 2.90. The summed E-state index contributed by atoms with van der Waals surface area (Å²) >= 11 is 3.34. The van der Waals surface area contributed by atoms with Gasteiger partial charge in [0.2, 0.25) is 0 Å². The second-order valence-corrected chi connectivity index (χ2v) is 3.99. The van der Waals surface area contributed by atoms with Gasteiger partial charge >= 0.3 is 5.97 Å². The number of carboxylic acids is 1. The molecule has 0 atom stereocenters. The molecule has 0 aliphatic heterocycles. The first-order valence-corrected chi connectivity index (χ1v) is 5.31. The monoisotopic (exact) mass is 268 g/mol. The molecule has 0 aliphatic carbocycles. The van der Waals surface area contributed by atoms with Crippen molar-refractivity contribution in [1.29, 1.82) is 0 Å². The summed E-state index contributed by atoms with van der Waals surface area (Å²) in [5.74, 6) is -1.01. The lowest BCUT2D eigenvalue weighted by Crippen LogP contribution is -2.02. The molecule has 0 amide bonds. The third kappa shape index (κ3) is 1.63. The predicted octanol–water partition coefficient (Wildman–Crippen LogP) is 2.52. The van der Waals surface area contributed by atoms with Crippen LogP contribution in [0, 0.1) is 0 Å². The topological polar surface area (TPSA) is 55.1 Å². The van der Waals surface area contributed by atoms with Gasteiger partial charge in [0.15, 0.2) is 5.69 Å². The van der Waals surface area contributed by atoms with Gasteiger partial charge in [-0.3, -0.25) is 0 Å². The van der Waals surface area contributed by atoms with Gasteiger partial charge in [0, 0.05) is 22.6 Å². The average Bonchev–Trinajstić information content (AvgIpc) is 2.60. The second kappa shape index (κ2) is 3.66. The first-order valence-electron chi connectivity index (χ1n) is 4.52. The minimum Gasteiger partial charge on any atom is -0.477 e. The normalized spacial score (nSPS) is 10.8. The number of aromatic nitrogens is 2. The van der Waals surface area contributed by atoms with Crippen molar-refractivity contribution in [3.63, 3.8) is 0 Å². The van der Waals surface area contributed by atoms with Crippen molar-refractivity contribution in [2.45, 2.75) is 13.5 Å². The Morgan fingerprint density at radius 3 is 3.00 bits per heavy atom. The van der Waals surface area contributed by atoms with Gasteiger partial charge in [-0.15, -0.1) is 0 Å². The van der Waals surface area contributed by atoms with E-state index >= 15 is 0 Å². The fourth-order valence-electron chi connectivity index (χ4n) is 1.48. The van der Waals surface area contributed by atoms with Gasteiger partial charge in [0.1, 0.15) is 5.65 Å². The van der Waals surface area contributed by atoms with Crippen LogP contribution in [0.15, 0.2) is 22.8 Å². The smallest absolute Gasteiger partial charge is 0.354 e. The zero-order valence-corrected chi connectivity index (χ0v) is 9.65. The predicted molar refractivity (Wildman–Crippen MR) is 60.1 cm³/mol. The van der Waals surface area contributed by atoms with Crippen molar-refractivity contribution >= 4 is 32.9 Å². The molecule has 5 heteroatoms. The lowest BCUT2D eigenvalue weighted by atomic mass is 10.3. The second-order valence-electron chi connectivity index (χ2n) is 3.13. The van der Waals surface area contributed by atoms with Crippen LogP contribution < -0.4 is 0 Å². The summed E-state index contributed by atoms with van der Waals surface area (Å²) in [6.07, 6.45) is 1.90. The fourth-order valence-corrected chi connectivity index (χ4v) is 2.01. The van der Waals surface area contributed by atoms with Crippen molar-refractivity contribution in [3.05, 3.63) is 28.5 Å². The molecule has 2 aromatic heterocycles. The molecular weight excluding hydrogens is 260 g/mol. The highest BCUT2D eigenvalue weighted by Gasteiger charge is 2.11. The Kier molecular flexibility index (Phi) is 2.48. The van der Waals surface area contributed by atoms with Crippen molar-refractivity contribution in [2.24, 2.45) is 0 Å². The highest BCUT2D eigenvalue weighted by Crippen LogP contribution is 2.24. The molecule has 2 rings (SSSR count). The largest absolute Gasteiger partial charge is 0.477 e. The Hall–Kier alpha value is -1.36. The van der Waals surface area contributed by atoms with Gasteiger partial charge in [0.05, 0.1) is 0 Å². The maximum atomic E-state index is 10.8. The molecule has 0 saturated carbocycles. The summed E-state index contributed by atoms with van der Waals surface area (Å²) in [6.45, 7) is 2.76. The lowest BCUT2D eigenvalue weighted by Gasteiger charge is -2.02. The maximum absolute atomic E-state index is 10.8. The molecule has 78 valence electrons. The van der Waals surface area contributed by atoms with Gasteiger partial charge < -0.3 is 9.67 Å². The van der Waals surface area contributed by atoms with Gasteiger partial charge in [-0.25, -0.2) is 9.78 Å². The summed E-state index contributed by atoms with van der Waals surface area (Å²) in [6, 6.07) is 3.44. The number of aryl methyl sites for hydroxylation is 1. The Morgan fingerprint density at radius 2 is 2.40 bits per heavy atom. The van der Waals surface area contributed by atoms with Gasteiger partial charge in [-0.2, -0.15) is 0 Å². The van der Waals surface area contributed by atoms with Crippen LogP contribution in [0.5, 0.6) is 0 Å². The van der Waals surface area contributed by atoms with E-state index in [-0.39, 0.29) is 5.69 Å². The SMILES string of the molecule is CCn1ccc2c(Br)cc(C(=O)O)nc21. The van der Waals surface area contributed by atoms with E-state index in [0.717, 1.165) is 16.4 Å². The molecule has 0 spiro atoms. The van der Waals surface area contributed by atoms with E-state index in [9.17, 15) is 4.79 Å². The number of nitrogens with zero attached hydrogens (tertiary/aromatic N) is 2. The van der Waals surface area contributed by atoms with Crippen LogP contribution in [0.4, 0.5) is 0 Å². The van der Waals surface area contributed by atoms with Crippen molar-refractivity contribution in [3.8, 4) is 0 Å². The van der Waals surface area contributed by atoms with E-state index in [1.807, 2.05) is 23.8 Å². The van der Waals surface area contributed by atoms with Gasteiger partial charge in [-0.05, 0) is 35.0 Å². The van der Waals surface area contributed by atoms with Crippen LogP contribution >= 0.6 is 15.9 Å². The quantitative estimate of drug-likeness (QED) is 0.911. The van der Waals surface area contributed by atoms with E-state index in [1.54, 1.807) is 0 Å². The fraction of sp³-hybridized carbons (Fsp3) is 0.200. The molecule has 0 aliphatic rings. The van der Waals surface area contributed by atoms with Gasteiger partial charge in [0.25, 0.3) is 0 Å².